The fraction of sp³-hybridized carbons (Fsp3) is 0.294. The zero-order chi connectivity index (χ0) is 15.3. The molecular formula is C17H19FO2S. The summed E-state index contributed by atoms with van der Waals surface area (Å²) in [5, 5.41) is 0. The van der Waals surface area contributed by atoms with Crippen LogP contribution in [0, 0.1) is 5.82 Å². The molecule has 0 fully saturated rings. The molecule has 4 heteroatoms. The molecule has 0 aliphatic carbocycles. The van der Waals surface area contributed by atoms with E-state index in [0.29, 0.717) is 0 Å². The van der Waals surface area contributed by atoms with E-state index < -0.39 is 15.7 Å². The van der Waals surface area contributed by atoms with Crippen molar-refractivity contribution in [3.05, 3.63) is 65.5 Å². The number of hydrogen-bond donors (Lipinski definition) is 0. The predicted octanol–water partition coefficient (Wildman–Crippen LogP) is 4.14. The Kier molecular flexibility index (Phi) is 5.12. The van der Waals surface area contributed by atoms with Gasteiger partial charge in [-0.2, -0.15) is 0 Å². The zero-order valence-electron chi connectivity index (χ0n) is 12.0. The lowest BCUT2D eigenvalue weighted by molar-refractivity contribution is 0.594. The van der Waals surface area contributed by atoms with Crippen molar-refractivity contribution in [1.82, 2.24) is 0 Å². The molecule has 2 aromatic carbocycles. The number of halogens is 1. The fourth-order valence-electron chi connectivity index (χ4n) is 2.13. The van der Waals surface area contributed by atoms with Gasteiger partial charge in [-0.15, -0.1) is 0 Å². The second kappa shape index (κ2) is 6.85. The number of unbranched alkanes of at least 4 members (excludes halogenated alkanes) is 1. The van der Waals surface area contributed by atoms with Gasteiger partial charge in [0.15, 0.2) is 9.84 Å². The van der Waals surface area contributed by atoms with Crippen LogP contribution in [0.15, 0.2) is 53.4 Å². The lowest BCUT2D eigenvalue weighted by Gasteiger charge is -2.06. The summed E-state index contributed by atoms with van der Waals surface area (Å²) in [7, 11) is -3.43. The summed E-state index contributed by atoms with van der Waals surface area (Å²) < 4.78 is 37.3. The lowest BCUT2D eigenvalue weighted by Crippen LogP contribution is -2.05. The average Bonchev–Trinajstić information content (AvgIpc) is 2.47. The fourth-order valence-corrected chi connectivity index (χ4v) is 3.48. The van der Waals surface area contributed by atoms with Crippen LogP contribution in [0.5, 0.6) is 0 Å². The topological polar surface area (TPSA) is 34.1 Å². The Bertz CT molecular complexity index is 674. The van der Waals surface area contributed by atoms with Gasteiger partial charge >= 0.3 is 0 Å². The second-order valence-electron chi connectivity index (χ2n) is 5.13. The minimum atomic E-state index is -3.43. The predicted molar refractivity (Wildman–Crippen MR) is 82.3 cm³/mol. The van der Waals surface area contributed by atoms with Crippen molar-refractivity contribution in [1.29, 1.82) is 0 Å². The molecule has 0 aliphatic rings. The summed E-state index contributed by atoms with van der Waals surface area (Å²) in [6, 6.07) is 12.6. The minimum Gasteiger partial charge on any atom is -0.223 e. The molecular weight excluding hydrogens is 287 g/mol. The molecule has 0 heterocycles. The minimum absolute atomic E-state index is 0.0628. The van der Waals surface area contributed by atoms with Gasteiger partial charge < -0.3 is 0 Å². The smallest absolute Gasteiger partial charge is 0.182 e. The summed E-state index contributed by atoms with van der Waals surface area (Å²) in [6.45, 7) is 2.14. The Hall–Kier alpha value is -1.68. The molecule has 0 bridgehead atoms. The van der Waals surface area contributed by atoms with Gasteiger partial charge in [0, 0.05) is 0 Å². The first kappa shape index (κ1) is 15.7. The number of sulfone groups is 1. The summed E-state index contributed by atoms with van der Waals surface area (Å²) in [5.74, 6) is -0.499. The summed E-state index contributed by atoms with van der Waals surface area (Å²) >= 11 is 0. The Balaban J connectivity index is 2.11. The molecule has 0 amide bonds. The van der Waals surface area contributed by atoms with Crippen LogP contribution >= 0.6 is 0 Å². The van der Waals surface area contributed by atoms with Crippen LogP contribution < -0.4 is 0 Å². The highest BCUT2D eigenvalue weighted by Crippen LogP contribution is 2.17. The molecule has 2 rings (SSSR count). The molecule has 0 saturated carbocycles. The van der Waals surface area contributed by atoms with Gasteiger partial charge in [-0.25, -0.2) is 12.8 Å². The monoisotopic (exact) mass is 306 g/mol. The van der Waals surface area contributed by atoms with Crippen molar-refractivity contribution >= 4 is 9.84 Å². The molecule has 0 atom stereocenters. The molecule has 0 N–H and O–H groups in total. The van der Waals surface area contributed by atoms with Crippen molar-refractivity contribution in [3.63, 3.8) is 0 Å². The number of aryl methyl sites for hydroxylation is 1. The molecule has 2 aromatic rings. The Morgan fingerprint density at radius 3 is 2.05 bits per heavy atom. The van der Waals surface area contributed by atoms with Crippen molar-refractivity contribution in [2.45, 2.75) is 36.8 Å². The molecule has 0 spiro atoms. The summed E-state index contributed by atoms with van der Waals surface area (Å²) in [6.07, 6.45) is 3.29. The first-order chi connectivity index (χ1) is 10.0. The van der Waals surface area contributed by atoms with Crippen LogP contribution in [0.2, 0.25) is 0 Å². The molecule has 0 aliphatic heterocycles. The standard InChI is InChI=1S/C17H19FO2S/c1-2-3-4-14-5-7-15(8-6-14)13-21(19,20)17-11-9-16(18)10-12-17/h5-12H,2-4,13H2,1H3. The maximum atomic E-state index is 12.9. The summed E-state index contributed by atoms with van der Waals surface area (Å²) in [5.41, 5.74) is 1.97. The van der Waals surface area contributed by atoms with E-state index in [1.807, 2.05) is 24.3 Å². The van der Waals surface area contributed by atoms with Crippen LogP contribution in [0.4, 0.5) is 4.39 Å². The lowest BCUT2D eigenvalue weighted by atomic mass is 10.1. The van der Waals surface area contributed by atoms with Crippen molar-refractivity contribution in [2.24, 2.45) is 0 Å². The van der Waals surface area contributed by atoms with E-state index >= 15 is 0 Å². The van der Waals surface area contributed by atoms with Crippen molar-refractivity contribution in [3.8, 4) is 0 Å². The van der Waals surface area contributed by atoms with Crippen LogP contribution in [0.25, 0.3) is 0 Å². The molecule has 2 nitrogen and oxygen atoms in total. The normalized spacial score (nSPS) is 11.5. The van der Waals surface area contributed by atoms with E-state index in [0.717, 1.165) is 24.8 Å². The largest absolute Gasteiger partial charge is 0.223 e. The first-order valence-electron chi connectivity index (χ1n) is 7.07. The Morgan fingerprint density at radius 2 is 1.48 bits per heavy atom. The van der Waals surface area contributed by atoms with E-state index in [-0.39, 0.29) is 10.6 Å². The van der Waals surface area contributed by atoms with Gasteiger partial charge in [0.05, 0.1) is 10.6 Å². The highest BCUT2D eigenvalue weighted by Gasteiger charge is 2.15. The molecule has 112 valence electrons. The quantitative estimate of drug-likeness (QED) is 0.752. The van der Waals surface area contributed by atoms with Gasteiger partial charge in [-0.1, -0.05) is 37.6 Å². The molecule has 0 unspecified atom stereocenters. The molecule has 0 aromatic heterocycles. The van der Waals surface area contributed by atoms with Gasteiger partial charge in [-0.05, 0) is 48.2 Å². The molecule has 0 radical (unpaired) electrons. The van der Waals surface area contributed by atoms with Crippen molar-refractivity contribution in [2.75, 3.05) is 0 Å². The maximum absolute atomic E-state index is 12.9. The maximum Gasteiger partial charge on any atom is 0.182 e. The van der Waals surface area contributed by atoms with E-state index in [9.17, 15) is 12.8 Å². The van der Waals surface area contributed by atoms with E-state index in [2.05, 4.69) is 6.92 Å². The first-order valence-corrected chi connectivity index (χ1v) is 8.72. The van der Waals surface area contributed by atoms with Crippen LogP contribution in [0.1, 0.15) is 30.9 Å². The summed E-state index contributed by atoms with van der Waals surface area (Å²) in [4.78, 5) is 0.152. The van der Waals surface area contributed by atoms with Crippen LogP contribution in [-0.4, -0.2) is 8.42 Å². The molecule has 21 heavy (non-hydrogen) atoms. The van der Waals surface area contributed by atoms with Gasteiger partial charge in [0.1, 0.15) is 5.82 Å². The number of rotatable bonds is 6. The second-order valence-corrected chi connectivity index (χ2v) is 7.12. The number of benzene rings is 2. The SMILES string of the molecule is CCCCc1ccc(CS(=O)(=O)c2ccc(F)cc2)cc1. The van der Waals surface area contributed by atoms with Gasteiger partial charge in [0.2, 0.25) is 0 Å². The van der Waals surface area contributed by atoms with E-state index in [1.165, 1.54) is 29.8 Å². The molecule has 0 saturated heterocycles. The van der Waals surface area contributed by atoms with Crippen LogP contribution in [0.3, 0.4) is 0 Å². The third-order valence-corrected chi connectivity index (χ3v) is 5.08. The third kappa shape index (κ3) is 4.39. The highest BCUT2D eigenvalue weighted by molar-refractivity contribution is 7.90. The van der Waals surface area contributed by atoms with E-state index in [4.69, 9.17) is 0 Å². The van der Waals surface area contributed by atoms with Crippen molar-refractivity contribution < 1.29 is 12.8 Å². The van der Waals surface area contributed by atoms with Gasteiger partial charge in [0.25, 0.3) is 0 Å². The Morgan fingerprint density at radius 1 is 0.905 bits per heavy atom. The van der Waals surface area contributed by atoms with Gasteiger partial charge in [-0.3, -0.25) is 0 Å². The third-order valence-electron chi connectivity index (χ3n) is 3.37. The average molecular weight is 306 g/mol. The van der Waals surface area contributed by atoms with Crippen LogP contribution in [-0.2, 0) is 22.0 Å². The number of hydrogen-bond acceptors (Lipinski definition) is 2. The Labute approximate surface area is 125 Å². The highest BCUT2D eigenvalue weighted by atomic mass is 32.2. The zero-order valence-corrected chi connectivity index (χ0v) is 12.9. The van der Waals surface area contributed by atoms with E-state index in [1.54, 1.807) is 0 Å².